The first kappa shape index (κ1) is 29.9. The fourth-order valence-electron chi connectivity index (χ4n) is 4.47. The predicted octanol–water partition coefficient (Wildman–Crippen LogP) is 4.44. The topological polar surface area (TPSA) is 86.8 Å². The number of nitrogens with one attached hydrogen (secondary N) is 1. The quantitative estimate of drug-likeness (QED) is 0.405. The minimum Gasteiger partial charge on any atom is -0.357 e. The molecular weight excluding hydrogens is 510 g/mol. The molecule has 0 spiro atoms. The van der Waals surface area contributed by atoms with Crippen molar-refractivity contribution >= 4 is 27.5 Å². The van der Waals surface area contributed by atoms with Crippen LogP contribution in [0.2, 0.25) is 0 Å². The maximum Gasteiger partial charge on any atom is 0.244 e. The van der Waals surface area contributed by atoms with Crippen LogP contribution in [0.4, 0.5) is 5.69 Å². The molecule has 1 unspecified atom stereocenters. The number of carbonyl (C=O) groups excluding carboxylic acids is 2. The SMILES string of the molecule is CNC(=O)C(Cc1ccccc1)N(Cc1cccc(C)c1)C(=O)CN(c1ccc(C(C)(C)C)cc1)S(C)(=O)=O. The van der Waals surface area contributed by atoms with Crippen LogP contribution < -0.4 is 9.62 Å². The van der Waals surface area contributed by atoms with Crippen molar-refractivity contribution in [3.63, 3.8) is 0 Å². The Morgan fingerprint density at radius 1 is 0.897 bits per heavy atom. The van der Waals surface area contributed by atoms with E-state index in [-0.39, 0.29) is 24.3 Å². The van der Waals surface area contributed by atoms with Crippen molar-refractivity contribution in [1.29, 1.82) is 0 Å². The largest absolute Gasteiger partial charge is 0.357 e. The summed E-state index contributed by atoms with van der Waals surface area (Å²) in [7, 11) is -2.26. The van der Waals surface area contributed by atoms with Crippen LogP contribution >= 0.6 is 0 Å². The molecule has 0 bridgehead atoms. The van der Waals surface area contributed by atoms with Gasteiger partial charge in [0.2, 0.25) is 21.8 Å². The molecule has 1 atom stereocenters. The molecule has 0 aliphatic carbocycles. The van der Waals surface area contributed by atoms with Crippen LogP contribution in [0.3, 0.4) is 0 Å². The number of rotatable bonds is 10. The Bertz CT molecular complexity index is 1380. The van der Waals surface area contributed by atoms with Crippen LogP contribution in [0.25, 0.3) is 0 Å². The van der Waals surface area contributed by atoms with Gasteiger partial charge in [0.1, 0.15) is 12.6 Å². The molecule has 0 aliphatic heterocycles. The Morgan fingerprint density at radius 2 is 1.51 bits per heavy atom. The van der Waals surface area contributed by atoms with Crippen LogP contribution in [0.15, 0.2) is 78.9 Å². The lowest BCUT2D eigenvalue weighted by atomic mass is 9.87. The Balaban J connectivity index is 2.02. The van der Waals surface area contributed by atoms with Gasteiger partial charge in [-0.1, -0.05) is 93.1 Å². The standard InChI is InChI=1S/C31H39N3O4S/c1-23-11-10-14-25(19-23)21-33(28(30(36)32-5)20-24-12-8-7-9-13-24)29(35)22-34(39(6,37)38)27-17-15-26(16-18-27)31(2,3)4/h7-19,28H,20-22H2,1-6H3,(H,32,36). The third kappa shape index (κ3) is 8.17. The van der Waals surface area contributed by atoms with E-state index in [1.54, 1.807) is 12.1 Å². The molecule has 39 heavy (non-hydrogen) atoms. The number of nitrogens with zero attached hydrogens (tertiary/aromatic N) is 2. The van der Waals surface area contributed by atoms with E-state index in [2.05, 4.69) is 26.1 Å². The summed E-state index contributed by atoms with van der Waals surface area (Å²) in [6, 6.07) is 23.6. The van der Waals surface area contributed by atoms with Crippen molar-refractivity contribution in [2.45, 2.75) is 52.1 Å². The molecule has 0 radical (unpaired) electrons. The van der Waals surface area contributed by atoms with Gasteiger partial charge in [-0.3, -0.25) is 13.9 Å². The number of sulfonamides is 1. The summed E-state index contributed by atoms with van der Waals surface area (Å²) in [6.07, 6.45) is 1.38. The number of likely N-dealkylation sites (N-methyl/N-ethyl adjacent to an activating group) is 1. The van der Waals surface area contributed by atoms with Gasteiger partial charge in [-0.15, -0.1) is 0 Å². The minimum atomic E-state index is -3.80. The van der Waals surface area contributed by atoms with Gasteiger partial charge in [0.05, 0.1) is 11.9 Å². The average Bonchev–Trinajstić information content (AvgIpc) is 2.88. The fraction of sp³-hybridized carbons (Fsp3) is 0.355. The van der Waals surface area contributed by atoms with E-state index < -0.39 is 28.5 Å². The first-order chi connectivity index (χ1) is 18.3. The highest BCUT2D eigenvalue weighted by Gasteiger charge is 2.32. The Kier molecular flexibility index (Phi) is 9.56. The molecule has 0 saturated carbocycles. The Hall–Kier alpha value is -3.65. The molecule has 0 fully saturated rings. The van der Waals surface area contributed by atoms with Gasteiger partial charge in [0, 0.05) is 20.0 Å². The molecule has 0 saturated heterocycles. The van der Waals surface area contributed by atoms with E-state index >= 15 is 0 Å². The second-order valence-electron chi connectivity index (χ2n) is 10.9. The molecule has 7 nitrogen and oxygen atoms in total. The first-order valence-electron chi connectivity index (χ1n) is 13.0. The van der Waals surface area contributed by atoms with Crippen LogP contribution in [0.5, 0.6) is 0 Å². The van der Waals surface area contributed by atoms with Gasteiger partial charge < -0.3 is 10.2 Å². The molecule has 0 aliphatic rings. The maximum atomic E-state index is 14.0. The molecule has 3 aromatic rings. The van der Waals surface area contributed by atoms with Gasteiger partial charge in [0.25, 0.3) is 0 Å². The van der Waals surface area contributed by atoms with Crippen LogP contribution in [-0.2, 0) is 38.0 Å². The molecule has 3 aromatic carbocycles. The lowest BCUT2D eigenvalue weighted by molar-refractivity contribution is -0.139. The van der Waals surface area contributed by atoms with E-state index in [9.17, 15) is 18.0 Å². The summed E-state index contributed by atoms with van der Waals surface area (Å²) in [5, 5.41) is 2.69. The van der Waals surface area contributed by atoms with Gasteiger partial charge in [-0.2, -0.15) is 0 Å². The summed E-state index contributed by atoms with van der Waals surface area (Å²) < 4.78 is 26.9. The average molecular weight is 550 g/mol. The van der Waals surface area contributed by atoms with E-state index in [1.807, 2.05) is 73.7 Å². The van der Waals surface area contributed by atoms with Gasteiger partial charge >= 0.3 is 0 Å². The van der Waals surface area contributed by atoms with Gasteiger partial charge in [-0.25, -0.2) is 8.42 Å². The number of hydrogen-bond acceptors (Lipinski definition) is 4. The van der Waals surface area contributed by atoms with Crippen LogP contribution in [0, 0.1) is 6.92 Å². The second-order valence-corrected chi connectivity index (χ2v) is 12.8. The normalized spacial score (nSPS) is 12.5. The number of amides is 2. The predicted molar refractivity (Wildman–Crippen MR) is 157 cm³/mol. The first-order valence-corrected chi connectivity index (χ1v) is 14.8. The highest BCUT2D eigenvalue weighted by molar-refractivity contribution is 7.92. The zero-order valence-corrected chi connectivity index (χ0v) is 24.5. The van der Waals surface area contributed by atoms with E-state index in [0.29, 0.717) is 5.69 Å². The summed E-state index contributed by atoms with van der Waals surface area (Å²) in [5.41, 5.74) is 4.11. The number of carbonyl (C=O) groups is 2. The number of aryl methyl sites for hydroxylation is 1. The number of anilines is 1. The smallest absolute Gasteiger partial charge is 0.244 e. The molecule has 0 heterocycles. The zero-order valence-electron chi connectivity index (χ0n) is 23.6. The highest BCUT2D eigenvalue weighted by atomic mass is 32.2. The molecular formula is C31H39N3O4S. The van der Waals surface area contributed by atoms with Gasteiger partial charge in [0.15, 0.2) is 0 Å². The summed E-state index contributed by atoms with van der Waals surface area (Å²) in [4.78, 5) is 28.6. The monoisotopic (exact) mass is 549 g/mol. The zero-order chi connectivity index (χ0) is 28.8. The lowest BCUT2D eigenvalue weighted by Crippen LogP contribution is -2.52. The maximum absolute atomic E-state index is 14.0. The minimum absolute atomic E-state index is 0.104. The van der Waals surface area contributed by atoms with Crippen molar-refractivity contribution in [2.75, 3.05) is 24.2 Å². The van der Waals surface area contributed by atoms with E-state index in [4.69, 9.17) is 0 Å². The molecule has 1 N–H and O–H groups in total. The molecule has 3 rings (SSSR count). The number of benzene rings is 3. The number of hydrogen-bond donors (Lipinski definition) is 1. The fourth-order valence-corrected chi connectivity index (χ4v) is 5.32. The summed E-state index contributed by atoms with van der Waals surface area (Å²) in [5.74, 6) is -0.786. The molecule has 2 amide bonds. The lowest BCUT2D eigenvalue weighted by Gasteiger charge is -2.33. The van der Waals surface area contributed by atoms with Crippen LogP contribution in [-0.4, -0.2) is 51.0 Å². The third-order valence-corrected chi connectivity index (χ3v) is 7.79. The van der Waals surface area contributed by atoms with Gasteiger partial charge in [-0.05, 0) is 41.2 Å². The Morgan fingerprint density at radius 3 is 2.05 bits per heavy atom. The summed E-state index contributed by atoms with van der Waals surface area (Å²) >= 11 is 0. The highest BCUT2D eigenvalue weighted by Crippen LogP contribution is 2.26. The summed E-state index contributed by atoms with van der Waals surface area (Å²) in [6.45, 7) is 7.92. The van der Waals surface area contributed by atoms with Crippen molar-refractivity contribution in [3.8, 4) is 0 Å². The molecule has 208 valence electrons. The van der Waals surface area contributed by atoms with Crippen LogP contribution in [0.1, 0.15) is 43.0 Å². The molecule has 0 aromatic heterocycles. The second kappa shape index (κ2) is 12.5. The van der Waals surface area contributed by atoms with Crippen molar-refractivity contribution in [2.24, 2.45) is 0 Å². The van der Waals surface area contributed by atoms with E-state index in [0.717, 1.165) is 32.8 Å². The van der Waals surface area contributed by atoms with E-state index in [1.165, 1.54) is 11.9 Å². The molecule has 8 heteroatoms. The third-order valence-electron chi connectivity index (χ3n) is 6.65. The van der Waals surface area contributed by atoms with Crippen molar-refractivity contribution < 1.29 is 18.0 Å². The van der Waals surface area contributed by atoms with Crippen molar-refractivity contribution in [1.82, 2.24) is 10.2 Å². The van der Waals surface area contributed by atoms with Crippen molar-refractivity contribution in [3.05, 3.63) is 101 Å². The Labute approximate surface area is 232 Å².